The van der Waals surface area contributed by atoms with Crippen LogP contribution in [0.5, 0.6) is 0 Å². The molecule has 1 aromatic rings. The molecule has 0 spiro atoms. The maximum Gasteiger partial charge on any atom is 0.330 e. The van der Waals surface area contributed by atoms with Gasteiger partial charge in [-0.1, -0.05) is 30.3 Å². The van der Waals surface area contributed by atoms with Crippen molar-refractivity contribution >= 4 is 5.97 Å². The molecule has 2 atom stereocenters. The van der Waals surface area contributed by atoms with E-state index in [9.17, 15) is 4.79 Å². The molecular weight excluding hydrogens is 256 g/mol. The fourth-order valence-electron chi connectivity index (χ4n) is 2.19. The predicted octanol–water partition coefficient (Wildman–Crippen LogP) is 3.00. The van der Waals surface area contributed by atoms with Crippen LogP contribution in [-0.4, -0.2) is 24.5 Å². The zero-order valence-electron chi connectivity index (χ0n) is 12.0. The van der Waals surface area contributed by atoms with Crippen LogP contribution in [0.15, 0.2) is 42.5 Å². The van der Waals surface area contributed by atoms with Crippen LogP contribution in [0, 0.1) is 0 Å². The molecule has 1 fully saturated rings. The van der Waals surface area contributed by atoms with Gasteiger partial charge >= 0.3 is 5.97 Å². The molecule has 0 bridgehead atoms. The molecule has 0 aliphatic carbocycles. The zero-order chi connectivity index (χ0) is 14.6. The van der Waals surface area contributed by atoms with Gasteiger partial charge in [0, 0.05) is 6.08 Å². The number of carbonyl (C=O) groups excluding carboxylic acids is 1. The van der Waals surface area contributed by atoms with Crippen LogP contribution in [0.4, 0.5) is 0 Å². The highest BCUT2D eigenvalue weighted by Crippen LogP contribution is 2.38. The Morgan fingerprint density at radius 2 is 2.00 bits per heavy atom. The monoisotopic (exact) mass is 276 g/mol. The first kappa shape index (κ1) is 14.8. The van der Waals surface area contributed by atoms with E-state index in [0.29, 0.717) is 6.61 Å². The second-order valence-electron chi connectivity index (χ2n) is 5.04. The van der Waals surface area contributed by atoms with E-state index < -0.39 is 5.79 Å². The molecule has 1 aromatic carbocycles. The third-order valence-corrected chi connectivity index (χ3v) is 2.97. The van der Waals surface area contributed by atoms with Crippen LogP contribution in [0.3, 0.4) is 0 Å². The summed E-state index contributed by atoms with van der Waals surface area (Å²) in [6.07, 6.45) is 2.56. The topological polar surface area (TPSA) is 44.8 Å². The predicted molar refractivity (Wildman–Crippen MR) is 75.0 cm³/mol. The highest BCUT2D eigenvalue weighted by molar-refractivity contribution is 5.82. The van der Waals surface area contributed by atoms with Gasteiger partial charge < -0.3 is 14.2 Å². The minimum Gasteiger partial charge on any atom is -0.463 e. The quantitative estimate of drug-likeness (QED) is 0.626. The Morgan fingerprint density at radius 3 is 2.65 bits per heavy atom. The van der Waals surface area contributed by atoms with Gasteiger partial charge in [0.15, 0.2) is 5.79 Å². The summed E-state index contributed by atoms with van der Waals surface area (Å²) in [5.74, 6) is -1.04. The molecule has 20 heavy (non-hydrogen) atoms. The van der Waals surface area contributed by atoms with Crippen LogP contribution >= 0.6 is 0 Å². The van der Waals surface area contributed by atoms with Crippen molar-refractivity contribution in [2.24, 2.45) is 0 Å². The van der Waals surface area contributed by atoms with Gasteiger partial charge in [0.1, 0.15) is 12.2 Å². The minimum absolute atomic E-state index is 0.225. The molecule has 0 aromatic heterocycles. The average molecular weight is 276 g/mol. The van der Waals surface area contributed by atoms with Crippen LogP contribution in [0.1, 0.15) is 32.4 Å². The fraction of sp³-hybridized carbons (Fsp3) is 0.438. The summed E-state index contributed by atoms with van der Waals surface area (Å²) in [6.45, 7) is 5.86. The van der Waals surface area contributed by atoms with Crippen molar-refractivity contribution < 1.29 is 19.0 Å². The molecule has 1 saturated heterocycles. The first-order valence-corrected chi connectivity index (χ1v) is 6.77. The maximum atomic E-state index is 11.4. The van der Waals surface area contributed by atoms with Gasteiger partial charge in [0.2, 0.25) is 0 Å². The number of benzene rings is 1. The van der Waals surface area contributed by atoms with Crippen molar-refractivity contribution in [3.63, 3.8) is 0 Å². The Labute approximate surface area is 119 Å². The molecule has 108 valence electrons. The van der Waals surface area contributed by atoms with Crippen LogP contribution in [0.25, 0.3) is 0 Å². The normalized spacial score (nSPS) is 24.9. The number of hydrogen-bond acceptors (Lipinski definition) is 4. The number of carbonyl (C=O) groups is 1. The standard InChI is InChI=1S/C16H20O4/c1-4-18-14(17)11-10-13-15(20-16(2,3)19-13)12-8-6-5-7-9-12/h5-11,13,15H,4H2,1-3H3/b11-10+/t13-,15-/m1/s1. The molecule has 4 nitrogen and oxygen atoms in total. The van der Waals surface area contributed by atoms with E-state index in [0.717, 1.165) is 5.56 Å². The van der Waals surface area contributed by atoms with Crippen molar-refractivity contribution in [3.05, 3.63) is 48.0 Å². The molecule has 0 N–H and O–H groups in total. The van der Waals surface area contributed by atoms with Gasteiger partial charge in [-0.3, -0.25) is 0 Å². The van der Waals surface area contributed by atoms with E-state index in [2.05, 4.69) is 0 Å². The van der Waals surface area contributed by atoms with Crippen molar-refractivity contribution in [2.45, 2.75) is 38.8 Å². The van der Waals surface area contributed by atoms with E-state index in [-0.39, 0.29) is 18.2 Å². The van der Waals surface area contributed by atoms with Gasteiger partial charge in [-0.05, 0) is 32.4 Å². The molecule has 1 aliphatic heterocycles. The van der Waals surface area contributed by atoms with E-state index >= 15 is 0 Å². The lowest BCUT2D eigenvalue weighted by Gasteiger charge is -2.16. The van der Waals surface area contributed by atoms with Crippen molar-refractivity contribution in [3.8, 4) is 0 Å². The third-order valence-electron chi connectivity index (χ3n) is 2.97. The minimum atomic E-state index is -0.676. The molecule has 0 amide bonds. The first-order valence-electron chi connectivity index (χ1n) is 6.77. The third kappa shape index (κ3) is 3.68. The average Bonchev–Trinajstić information content (AvgIpc) is 2.73. The van der Waals surface area contributed by atoms with Crippen molar-refractivity contribution in [1.82, 2.24) is 0 Å². The number of esters is 1. The molecular formula is C16H20O4. The first-order chi connectivity index (χ1) is 9.52. The summed E-state index contributed by atoms with van der Waals surface area (Å²) in [7, 11) is 0. The lowest BCUT2D eigenvalue weighted by molar-refractivity contribution is -0.144. The summed E-state index contributed by atoms with van der Waals surface area (Å²) in [5, 5.41) is 0. The summed E-state index contributed by atoms with van der Waals surface area (Å²) < 4.78 is 16.6. The van der Waals surface area contributed by atoms with Crippen LogP contribution < -0.4 is 0 Å². The SMILES string of the molecule is CCOC(=O)/C=C/[C@H]1OC(C)(C)O[C@@H]1c1ccccc1. The highest BCUT2D eigenvalue weighted by Gasteiger charge is 2.40. The Morgan fingerprint density at radius 1 is 1.30 bits per heavy atom. The van der Waals surface area contributed by atoms with Crippen molar-refractivity contribution in [1.29, 1.82) is 0 Å². The highest BCUT2D eigenvalue weighted by atomic mass is 16.7. The van der Waals surface area contributed by atoms with Crippen molar-refractivity contribution in [2.75, 3.05) is 6.61 Å². The summed E-state index contributed by atoms with van der Waals surface area (Å²) in [5.41, 5.74) is 1.02. The number of hydrogen-bond donors (Lipinski definition) is 0. The summed E-state index contributed by atoms with van der Waals surface area (Å²) >= 11 is 0. The lowest BCUT2D eigenvalue weighted by atomic mass is 10.0. The maximum absolute atomic E-state index is 11.4. The Balaban J connectivity index is 2.15. The molecule has 0 radical (unpaired) electrons. The Bertz CT molecular complexity index is 479. The molecule has 0 unspecified atom stereocenters. The van der Waals surface area contributed by atoms with E-state index in [1.165, 1.54) is 6.08 Å². The van der Waals surface area contributed by atoms with E-state index in [1.807, 2.05) is 44.2 Å². The number of ether oxygens (including phenoxy) is 3. The second-order valence-corrected chi connectivity index (χ2v) is 5.04. The van der Waals surface area contributed by atoms with Gasteiger partial charge in [-0.25, -0.2) is 4.79 Å². The van der Waals surface area contributed by atoms with Crippen LogP contribution in [-0.2, 0) is 19.0 Å². The molecule has 2 rings (SSSR count). The van der Waals surface area contributed by atoms with E-state index in [1.54, 1.807) is 13.0 Å². The summed E-state index contributed by atoms with van der Waals surface area (Å²) in [6, 6.07) is 9.83. The van der Waals surface area contributed by atoms with Gasteiger partial charge in [-0.15, -0.1) is 0 Å². The Hall–Kier alpha value is -1.65. The second kappa shape index (κ2) is 6.20. The molecule has 4 heteroatoms. The van der Waals surface area contributed by atoms with E-state index in [4.69, 9.17) is 14.2 Å². The Kier molecular flexibility index (Phi) is 4.57. The van der Waals surface area contributed by atoms with Gasteiger partial charge in [0.25, 0.3) is 0 Å². The molecule has 1 heterocycles. The smallest absolute Gasteiger partial charge is 0.330 e. The summed E-state index contributed by atoms with van der Waals surface area (Å²) in [4.78, 5) is 11.4. The van der Waals surface area contributed by atoms with Gasteiger partial charge in [0.05, 0.1) is 6.61 Å². The lowest BCUT2D eigenvalue weighted by Crippen LogP contribution is -2.20. The molecule has 1 aliphatic rings. The molecule has 0 saturated carbocycles. The number of rotatable bonds is 4. The largest absolute Gasteiger partial charge is 0.463 e. The van der Waals surface area contributed by atoms with Crippen LogP contribution in [0.2, 0.25) is 0 Å². The zero-order valence-corrected chi connectivity index (χ0v) is 12.0. The van der Waals surface area contributed by atoms with Gasteiger partial charge in [-0.2, -0.15) is 0 Å². The fourth-order valence-corrected chi connectivity index (χ4v) is 2.19.